The number of hydrogen-bond donors (Lipinski definition) is 2. The first kappa shape index (κ1) is 17.3. The summed E-state index contributed by atoms with van der Waals surface area (Å²) in [4.78, 5) is 18.3. The quantitative estimate of drug-likeness (QED) is 0.824. The van der Waals surface area contributed by atoms with Crippen LogP contribution in [0.4, 0.5) is 9.93 Å². The summed E-state index contributed by atoms with van der Waals surface area (Å²) < 4.78 is 25.4. The topological polar surface area (TPSA) is 91.4 Å². The molecule has 0 aromatic carbocycles. The first-order valence-corrected chi connectivity index (χ1v) is 10.8. The maximum atomic E-state index is 12.0. The van der Waals surface area contributed by atoms with E-state index >= 15 is 0 Å². The van der Waals surface area contributed by atoms with E-state index in [4.69, 9.17) is 0 Å². The summed E-state index contributed by atoms with van der Waals surface area (Å²) in [6.07, 6.45) is 0.573. The van der Waals surface area contributed by atoms with Gasteiger partial charge in [-0.15, -0.1) is 11.3 Å². The predicted octanol–water partition coefficient (Wildman–Crippen LogP) is 2.23. The van der Waals surface area contributed by atoms with Gasteiger partial charge in [0.2, 0.25) is 10.0 Å². The maximum absolute atomic E-state index is 12.0. The third-order valence-corrected chi connectivity index (χ3v) is 7.38. The number of rotatable bonds is 5. The highest BCUT2D eigenvalue weighted by atomic mass is 32.2. The highest BCUT2D eigenvalue weighted by Crippen LogP contribution is 2.29. The molecule has 0 saturated carbocycles. The Kier molecular flexibility index (Phi) is 5.18. The molecule has 2 aromatic rings. The van der Waals surface area contributed by atoms with Crippen molar-refractivity contribution in [3.05, 3.63) is 33.0 Å². The van der Waals surface area contributed by atoms with Gasteiger partial charge in [0, 0.05) is 29.3 Å². The Morgan fingerprint density at radius 1 is 1.46 bits per heavy atom. The van der Waals surface area contributed by atoms with Gasteiger partial charge in [-0.05, 0) is 18.4 Å². The van der Waals surface area contributed by atoms with Crippen LogP contribution in [0.2, 0.25) is 0 Å². The van der Waals surface area contributed by atoms with Gasteiger partial charge in [0.25, 0.3) is 0 Å². The van der Waals surface area contributed by atoms with Gasteiger partial charge in [-0.2, -0.15) is 4.31 Å². The second kappa shape index (κ2) is 7.18. The molecule has 1 aliphatic heterocycles. The summed E-state index contributed by atoms with van der Waals surface area (Å²) in [6, 6.07) is 3.58. The van der Waals surface area contributed by atoms with E-state index in [0.717, 1.165) is 15.4 Å². The lowest BCUT2D eigenvalue weighted by atomic mass is 10.2. The summed E-state index contributed by atoms with van der Waals surface area (Å²) in [5.41, 5.74) is 0.871. The van der Waals surface area contributed by atoms with E-state index in [9.17, 15) is 13.2 Å². The normalized spacial score (nSPS) is 15.0. The predicted molar refractivity (Wildman–Crippen MR) is 95.9 cm³/mol. The lowest BCUT2D eigenvalue weighted by molar-refractivity contribution is 0.252. The standard InChI is InChI=1S/C14H18N4O3S3/c1-2-24(20,21)18-6-5-11-12(9-18)23-14(16-11)17-13(19)15-8-10-4-3-7-22-10/h3-4,7H,2,5-6,8-9H2,1H3,(H2,15,16,17,19). The van der Waals surface area contributed by atoms with Crippen LogP contribution < -0.4 is 10.6 Å². The minimum atomic E-state index is -3.20. The van der Waals surface area contributed by atoms with Crippen molar-refractivity contribution in [2.45, 2.75) is 26.4 Å². The average Bonchev–Trinajstić information content (AvgIpc) is 3.21. The molecule has 0 spiro atoms. The van der Waals surface area contributed by atoms with Crippen LogP contribution in [0.3, 0.4) is 0 Å². The number of carbonyl (C=O) groups excluding carboxylic acids is 1. The van der Waals surface area contributed by atoms with Crippen LogP contribution in [0.5, 0.6) is 0 Å². The average molecular weight is 387 g/mol. The number of carbonyl (C=O) groups is 1. The number of thiazole rings is 1. The molecule has 0 fully saturated rings. The Bertz CT molecular complexity index is 814. The molecule has 7 nitrogen and oxygen atoms in total. The number of urea groups is 1. The summed E-state index contributed by atoms with van der Waals surface area (Å²) in [5.74, 6) is 0.0946. The summed E-state index contributed by atoms with van der Waals surface area (Å²) in [7, 11) is -3.20. The molecule has 10 heteroatoms. The van der Waals surface area contributed by atoms with Crippen LogP contribution in [-0.2, 0) is 29.5 Å². The van der Waals surface area contributed by atoms with Gasteiger partial charge in [0.15, 0.2) is 5.13 Å². The van der Waals surface area contributed by atoms with Gasteiger partial charge < -0.3 is 5.32 Å². The van der Waals surface area contributed by atoms with Crippen LogP contribution in [0.1, 0.15) is 22.4 Å². The van der Waals surface area contributed by atoms with E-state index < -0.39 is 10.0 Å². The van der Waals surface area contributed by atoms with Crippen molar-refractivity contribution in [1.29, 1.82) is 0 Å². The number of anilines is 1. The summed E-state index contributed by atoms with van der Waals surface area (Å²) >= 11 is 2.91. The zero-order valence-corrected chi connectivity index (χ0v) is 15.6. The van der Waals surface area contributed by atoms with E-state index in [1.54, 1.807) is 18.3 Å². The SMILES string of the molecule is CCS(=O)(=O)N1CCc2nc(NC(=O)NCc3cccs3)sc2C1. The molecule has 3 rings (SSSR count). The molecular weight excluding hydrogens is 368 g/mol. The van der Waals surface area contributed by atoms with E-state index in [1.165, 1.54) is 15.6 Å². The van der Waals surface area contributed by atoms with Crippen molar-refractivity contribution in [3.8, 4) is 0 Å². The fraction of sp³-hybridized carbons (Fsp3) is 0.429. The Labute approximate surface area is 148 Å². The molecule has 2 aromatic heterocycles. The van der Waals surface area contributed by atoms with Crippen LogP contribution in [-0.4, -0.2) is 36.0 Å². The number of thiophene rings is 1. The molecule has 2 N–H and O–H groups in total. The van der Waals surface area contributed by atoms with Gasteiger partial charge in [-0.25, -0.2) is 18.2 Å². The number of aromatic nitrogens is 1. The molecule has 0 radical (unpaired) electrons. The minimum absolute atomic E-state index is 0.0946. The molecular formula is C14H18N4O3S3. The number of amides is 2. The van der Waals surface area contributed by atoms with E-state index in [1.807, 2.05) is 17.5 Å². The molecule has 0 saturated heterocycles. The van der Waals surface area contributed by atoms with Crippen LogP contribution >= 0.6 is 22.7 Å². The lowest BCUT2D eigenvalue weighted by Gasteiger charge is -2.24. The fourth-order valence-electron chi connectivity index (χ4n) is 2.37. The monoisotopic (exact) mass is 386 g/mol. The Balaban J connectivity index is 1.60. The van der Waals surface area contributed by atoms with Crippen LogP contribution in [0, 0.1) is 0 Å². The molecule has 3 heterocycles. The van der Waals surface area contributed by atoms with Crippen molar-refractivity contribution in [2.75, 3.05) is 17.6 Å². The molecule has 24 heavy (non-hydrogen) atoms. The molecule has 0 aliphatic carbocycles. The van der Waals surface area contributed by atoms with Gasteiger partial charge >= 0.3 is 6.03 Å². The van der Waals surface area contributed by atoms with Gasteiger partial charge in [0.1, 0.15) is 0 Å². The van der Waals surface area contributed by atoms with Crippen molar-refractivity contribution in [3.63, 3.8) is 0 Å². The first-order valence-electron chi connectivity index (χ1n) is 7.51. The lowest BCUT2D eigenvalue weighted by Crippen LogP contribution is -2.36. The Morgan fingerprint density at radius 2 is 2.29 bits per heavy atom. The van der Waals surface area contributed by atoms with Crippen molar-refractivity contribution in [2.24, 2.45) is 0 Å². The zero-order chi connectivity index (χ0) is 17.2. The van der Waals surface area contributed by atoms with E-state index in [-0.39, 0.29) is 11.8 Å². The van der Waals surface area contributed by atoms with Crippen molar-refractivity contribution >= 4 is 43.9 Å². The van der Waals surface area contributed by atoms with Crippen molar-refractivity contribution in [1.82, 2.24) is 14.6 Å². The number of fused-ring (bicyclic) bond motifs is 1. The van der Waals surface area contributed by atoms with Crippen molar-refractivity contribution < 1.29 is 13.2 Å². The van der Waals surface area contributed by atoms with Gasteiger partial charge in [0.05, 0.1) is 18.0 Å². The number of sulfonamides is 1. The molecule has 130 valence electrons. The van der Waals surface area contributed by atoms with Crippen LogP contribution in [0.15, 0.2) is 17.5 Å². The molecule has 1 aliphatic rings. The molecule has 0 unspecified atom stereocenters. The summed E-state index contributed by atoms with van der Waals surface area (Å²) in [6.45, 7) is 2.89. The van der Waals surface area contributed by atoms with Gasteiger partial charge in [-0.1, -0.05) is 17.4 Å². The Hall–Kier alpha value is -1.49. The maximum Gasteiger partial charge on any atom is 0.321 e. The summed E-state index contributed by atoms with van der Waals surface area (Å²) in [5, 5.41) is 7.96. The number of nitrogens with zero attached hydrogens (tertiary/aromatic N) is 2. The van der Waals surface area contributed by atoms with E-state index in [0.29, 0.717) is 31.2 Å². The van der Waals surface area contributed by atoms with E-state index in [2.05, 4.69) is 15.6 Å². The fourth-order valence-corrected chi connectivity index (χ4v) is 5.17. The molecule has 0 bridgehead atoms. The largest absolute Gasteiger partial charge is 0.333 e. The second-order valence-corrected chi connectivity index (χ2v) is 9.63. The van der Waals surface area contributed by atoms with Gasteiger partial charge in [-0.3, -0.25) is 5.32 Å². The third kappa shape index (κ3) is 3.94. The highest BCUT2D eigenvalue weighted by Gasteiger charge is 2.28. The smallest absolute Gasteiger partial charge is 0.321 e. The number of hydrogen-bond acceptors (Lipinski definition) is 6. The molecule has 0 atom stereocenters. The Morgan fingerprint density at radius 3 is 3.00 bits per heavy atom. The molecule has 2 amide bonds. The minimum Gasteiger partial charge on any atom is -0.333 e. The zero-order valence-electron chi connectivity index (χ0n) is 13.1. The van der Waals surface area contributed by atoms with Crippen LogP contribution in [0.25, 0.3) is 0 Å². The first-order chi connectivity index (χ1) is 11.5. The third-order valence-electron chi connectivity index (χ3n) is 3.68. The number of nitrogens with one attached hydrogen (secondary N) is 2. The highest BCUT2D eigenvalue weighted by molar-refractivity contribution is 7.89. The second-order valence-electron chi connectivity index (χ2n) is 5.26.